The molecule has 0 spiro atoms. The molecule has 1 heterocycles. The maximum atomic E-state index is 13.3. The Labute approximate surface area is 89.5 Å². The highest BCUT2D eigenvalue weighted by Crippen LogP contribution is 2.21. The van der Waals surface area contributed by atoms with E-state index in [1.807, 2.05) is 0 Å². The molecule has 1 aromatic carbocycles. The van der Waals surface area contributed by atoms with E-state index in [-0.39, 0.29) is 10.7 Å². The predicted molar refractivity (Wildman–Crippen MR) is 52.4 cm³/mol. The van der Waals surface area contributed by atoms with Gasteiger partial charge in [-0.3, -0.25) is 0 Å². The lowest BCUT2D eigenvalue weighted by molar-refractivity contribution is 0.585. The van der Waals surface area contributed by atoms with Gasteiger partial charge in [0.1, 0.15) is 11.6 Å². The van der Waals surface area contributed by atoms with Crippen LogP contribution in [-0.2, 0) is 0 Å². The zero-order chi connectivity index (χ0) is 10.8. The largest absolute Gasteiger partial charge is 0.207 e. The van der Waals surface area contributed by atoms with Gasteiger partial charge in [-0.15, -0.1) is 10.2 Å². The molecule has 2 rings (SSSR count). The number of hydrogen-bond donors (Lipinski definition) is 0. The number of hydrogen-bond acceptors (Lipinski definition) is 2. The maximum absolute atomic E-state index is 13.3. The summed E-state index contributed by atoms with van der Waals surface area (Å²) in [6.45, 7) is 0. The lowest BCUT2D eigenvalue weighted by atomic mass is 10.1. The Kier molecular flexibility index (Phi) is 2.60. The zero-order valence-corrected chi connectivity index (χ0v) is 8.17. The Morgan fingerprint density at radius 3 is 2.40 bits per heavy atom. The molecule has 0 amide bonds. The van der Waals surface area contributed by atoms with Crippen LogP contribution in [0.4, 0.5) is 8.78 Å². The van der Waals surface area contributed by atoms with Gasteiger partial charge in [-0.2, -0.15) is 0 Å². The van der Waals surface area contributed by atoms with Gasteiger partial charge in [0.25, 0.3) is 0 Å². The molecular weight excluding hydrogens is 222 g/mol. The predicted octanol–water partition coefficient (Wildman–Crippen LogP) is 3.08. The first-order valence-corrected chi connectivity index (χ1v) is 4.49. The molecule has 1 aromatic heterocycles. The SMILES string of the molecule is Fc1ccc(-c2ccc(Cl)nn2)c(F)c1. The number of nitrogens with zero attached hydrogens (tertiary/aromatic N) is 2. The van der Waals surface area contributed by atoms with Gasteiger partial charge < -0.3 is 0 Å². The van der Waals surface area contributed by atoms with Crippen molar-refractivity contribution in [2.75, 3.05) is 0 Å². The van der Waals surface area contributed by atoms with Crippen LogP contribution in [0, 0.1) is 11.6 Å². The molecule has 0 unspecified atom stereocenters. The fourth-order valence-electron chi connectivity index (χ4n) is 1.16. The molecule has 0 aliphatic heterocycles. The van der Waals surface area contributed by atoms with Crippen LogP contribution in [0.2, 0.25) is 5.15 Å². The minimum Gasteiger partial charge on any atom is -0.207 e. The molecule has 2 aromatic rings. The Balaban J connectivity index is 2.49. The molecule has 76 valence electrons. The van der Waals surface area contributed by atoms with Crippen molar-refractivity contribution in [2.24, 2.45) is 0 Å². The van der Waals surface area contributed by atoms with E-state index in [9.17, 15) is 8.78 Å². The standard InChI is InChI=1S/C10H5ClF2N2/c11-10-4-3-9(14-15-10)7-2-1-6(12)5-8(7)13/h1-5H. The lowest BCUT2D eigenvalue weighted by Gasteiger charge is -2.01. The molecule has 0 radical (unpaired) electrons. The lowest BCUT2D eigenvalue weighted by Crippen LogP contribution is -1.91. The Morgan fingerprint density at radius 1 is 1.00 bits per heavy atom. The third-order valence-corrected chi connectivity index (χ3v) is 2.04. The molecule has 2 nitrogen and oxygen atoms in total. The van der Waals surface area contributed by atoms with E-state index in [1.54, 1.807) is 0 Å². The molecule has 15 heavy (non-hydrogen) atoms. The molecule has 0 bridgehead atoms. The quantitative estimate of drug-likeness (QED) is 0.747. The van der Waals surface area contributed by atoms with Gasteiger partial charge in [-0.25, -0.2) is 8.78 Å². The van der Waals surface area contributed by atoms with Crippen LogP contribution >= 0.6 is 11.6 Å². The second-order valence-corrected chi connectivity index (χ2v) is 3.25. The monoisotopic (exact) mass is 226 g/mol. The van der Waals surface area contributed by atoms with Gasteiger partial charge in [-0.05, 0) is 24.3 Å². The number of benzene rings is 1. The van der Waals surface area contributed by atoms with Gasteiger partial charge in [0.05, 0.1) is 5.69 Å². The summed E-state index contributed by atoms with van der Waals surface area (Å²) >= 11 is 5.54. The average molecular weight is 227 g/mol. The molecular formula is C10H5ClF2N2. The second-order valence-electron chi connectivity index (χ2n) is 2.87. The van der Waals surface area contributed by atoms with Crippen LogP contribution in [0.5, 0.6) is 0 Å². The van der Waals surface area contributed by atoms with Gasteiger partial charge in [0.2, 0.25) is 0 Å². The summed E-state index contributed by atoms with van der Waals surface area (Å²) in [5.41, 5.74) is 0.512. The topological polar surface area (TPSA) is 25.8 Å². The smallest absolute Gasteiger partial charge is 0.151 e. The summed E-state index contributed by atoms with van der Waals surface area (Å²) < 4.78 is 25.9. The van der Waals surface area contributed by atoms with E-state index in [2.05, 4.69) is 10.2 Å². The highest BCUT2D eigenvalue weighted by Gasteiger charge is 2.07. The first-order chi connectivity index (χ1) is 7.16. The fraction of sp³-hybridized carbons (Fsp3) is 0. The third kappa shape index (κ3) is 2.10. The van der Waals surface area contributed by atoms with Crippen molar-refractivity contribution in [3.05, 3.63) is 47.1 Å². The van der Waals surface area contributed by atoms with Crippen LogP contribution < -0.4 is 0 Å². The minimum atomic E-state index is -0.674. The van der Waals surface area contributed by atoms with Crippen LogP contribution in [0.15, 0.2) is 30.3 Å². The molecule has 0 saturated heterocycles. The number of aromatic nitrogens is 2. The van der Waals surface area contributed by atoms with Gasteiger partial charge in [0, 0.05) is 11.6 Å². The van der Waals surface area contributed by atoms with Crippen LogP contribution in [0.1, 0.15) is 0 Å². The first-order valence-electron chi connectivity index (χ1n) is 4.11. The molecule has 5 heteroatoms. The highest BCUT2D eigenvalue weighted by atomic mass is 35.5. The third-order valence-electron chi connectivity index (χ3n) is 1.84. The van der Waals surface area contributed by atoms with Crippen molar-refractivity contribution < 1.29 is 8.78 Å². The van der Waals surface area contributed by atoms with Gasteiger partial charge in [0.15, 0.2) is 5.15 Å². The van der Waals surface area contributed by atoms with Crippen molar-refractivity contribution in [1.29, 1.82) is 0 Å². The van der Waals surface area contributed by atoms with Crippen LogP contribution in [0.3, 0.4) is 0 Å². The van der Waals surface area contributed by atoms with E-state index in [0.29, 0.717) is 5.69 Å². The molecule has 0 fully saturated rings. The van der Waals surface area contributed by atoms with Crippen molar-refractivity contribution in [2.45, 2.75) is 0 Å². The molecule has 0 N–H and O–H groups in total. The van der Waals surface area contributed by atoms with Crippen LogP contribution in [0.25, 0.3) is 11.3 Å². The van der Waals surface area contributed by atoms with Crippen molar-refractivity contribution in [3.8, 4) is 11.3 Å². The van der Waals surface area contributed by atoms with Crippen molar-refractivity contribution in [3.63, 3.8) is 0 Å². The first kappa shape index (κ1) is 9.98. The fourth-order valence-corrected chi connectivity index (χ4v) is 1.26. The number of rotatable bonds is 1. The normalized spacial score (nSPS) is 10.3. The summed E-state index contributed by atoms with van der Waals surface area (Å²) in [6, 6.07) is 6.28. The van der Waals surface area contributed by atoms with E-state index in [0.717, 1.165) is 12.1 Å². The second kappa shape index (κ2) is 3.90. The van der Waals surface area contributed by atoms with Crippen LogP contribution in [-0.4, -0.2) is 10.2 Å². The average Bonchev–Trinajstić information content (AvgIpc) is 2.20. The zero-order valence-electron chi connectivity index (χ0n) is 7.42. The Morgan fingerprint density at radius 2 is 1.80 bits per heavy atom. The summed E-state index contributed by atoms with van der Waals surface area (Å²) in [5, 5.41) is 7.49. The molecule has 0 aliphatic rings. The van der Waals surface area contributed by atoms with E-state index in [1.165, 1.54) is 18.2 Å². The Hall–Kier alpha value is -1.55. The molecule has 0 atom stereocenters. The summed E-state index contributed by atoms with van der Waals surface area (Å²) in [5.74, 6) is -1.30. The maximum Gasteiger partial charge on any atom is 0.151 e. The Bertz CT molecular complexity index is 485. The summed E-state index contributed by atoms with van der Waals surface area (Å²) in [4.78, 5) is 0. The van der Waals surface area contributed by atoms with E-state index < -0.39 is 11.6 Å². The van der Waals surface area contributed by atoms with Gasteiger partial charge >= 0.3 is 0 Å². The molecule has 0 aliphatic carbocycles. The highest BCUT2D eigenvalue weighted by molar-refractivity contribution is 6.29. The number of halogens is 3. The minimum absolute atomic E-state index is 0.195. The molecule has 0 saturated carbocycles. The van der Waals surface area contributed by atoms with Crippen molar-refractivity contribution >= 4 is 11.6 Å². The van der Waals surface area contributed by atoms with E-state index in [4.69, 9.17) is 11.6 Å². The van der Waals surface area contributed by atoms with Gasteiger partial charge in [-0.1, -0.05) is 11.6 Å². The summed E-state index contributed by atoms with van der Waals surface area (Å²) in [7, 11) is 0. The summed E-state index contributed by atoms with van der Waals surface area (Å²) in [6.07, 6.45) is 0. The van der Waals surface area contributed by atoms with Crippen molar-refractivity contribution in [1.82, 2.24) is 10.2 Å². The van der Waals surface area contributed by atoms with E-state index >= 15 is 0 Å².